The molecule has 1 nitrogen and oxygen atoms in total. The molecule has 0 spiro atoms. The van der Waals surface area contributed by atoms with Gasteiger partial charge in [-0.25, -0.2) is 0 Å². The number of hydrogen-bond donors (Lipinski definition) is 1. The zero-order chi connectivity index (χ0) is 8.39. The van der Waals surface area contributed by atoms with Crippen molar-refractivity contribution >= 4 is 0 Å². The molecule has 68 valence electrons. The Morgan fingerprint density at radius 1 is 1.17 bits per heavy atom. The van der Waals surface area contributed by atoms with E-state index in [0.717, 1.165) is 11.8 Å². The SMILES string of the molecule is OCC1CC2CC/C=C/CCC12. The van der Waals surface area contributed by atoms with Gasteiger partial charge in [0, 0.05) is 6.61 Å². The fourth-order valence-corrected chi connectivity index (χ4v) is 2.78. The van der Waals surface area contributed by atoms with Crippen molar-refractivity contribution in [3.63, 3.8) is 0 Å². The molecule has 0 aromatic carbocycles. The molecule has 2 rings (SSSR count). The van der Waals surface area contributed by atoms with Crippen LogP contribution in [0.2, 0.25) is 0 Å². The van der Waals surface area contributed by atoms with Crippen LogP contribution >= 0.6 is 0 Å². The molecule has 0 bridgehead atoms. The van der Waals surface area contributed by atoms with Crippen molar-refractivity contribution in [2.24, 2.45) is 17.8 Å². The van der Waals surface area contributed by atoms with E-state index < -0.39 is 0 Å². The molecule has 2 aliphatic carbocycles. The standard InChI is InChI=1S/C11H18O/c12-8-10-7-9-5-3-1-2-4-6-11(9)10/h1-2,9-12H,3-8H2/b2-1+. The van der Waals surface area contributed by atoms with Gasteiger partial charge >= 0.3 is 0 Å². The Morgan fingerprint density at radius 3 is 2.67 bits per heavy atom. The van der Waals surface area contributed by atoms with Gasteiger partial charge in [0.05, 0.1) is 0 Å². The second-order valence-corrected chi connectivity index (χ2v) is 4.23. The van der Waals surface area contributed by atoms with Crippen LogP contribution in [-0.2, 0) is 0 Å². The summed E-state index contributed by atoms with van der Waals surface area (Å²) in [5, 5.41) is 9.07. The summed E-state index contributed by atoms with van der Waals surface area (Å²) < 4.78 is 0. The Labute approximate surface area is 74.5 Å². The van der Waals surface area contributed by atoms with Crippen LogP contribution in [0.3, 0.4) is 0 Å². The van der Waals surface area contributed by atoms with Crippen LogP contribution < -0.4 is 0 Å². The van der Waals surface area contributed by atoms with E-state index in [1.165, 1.54) is 32.1 Å². The Balaban J connectivity index is 1.92. The highest BCUT2D eigenvalue weighted by atomic mass is 16.3. The maximum Gasteiger partial charge on any atom is 0.0462 e. The van der Waals surface area contributed by atoms with Crippen molar-refractivity contribution in [2.45, 2.75) is 32.1 Å². The first kappa shape index (κ1) is 8.31. The van der Waals surface area contributed by atoms with Crippen LogP contribution in [0.1, 0.15) is 32.1 Å². The molecule has 0 heterocycles. The van der Waals surface area contributed by atoms with Crippen molar-refractivity contribution in [1.82, 2.24) is 0 Å². The minimum Gasteiger partial charge on any atom is -0.396 e. The Hall–Kier alpha value is -0.300. The minimum absolute atomic E-state index is 0.422. The third-order valence-electron chi connectivity index (χ3n) is 3.59. The van der Waals surface area contributed by atoms with Crippen molar-refractivity contribution in [2.75, 3.05) is 6.61 Å². The largest absolute Gasteiger partial charge is 0.396 e. The summed E-state index contributed by atoms with van der Waals surface area (Å²) in [6, 6.07) is 0. The fraction of sp³-hybridized carbons (Fsp3) is 0.818. The molecule has 1 saturated carbocycles. The number of hydrogen-bond acceptors (Lipinski definition) is 1. The van der Waals surface area contributed by atoms with E-state index in [1.54, 1.807) is 0 Å². The number of rotatable bonds is 1. The maximum absolute atomic E-state index is 9.07. The van der Waals surface area contributed by atoms with Gasteiger partial charge in [-0.2, -0.15) is 0 Å². The summed E-state index contributed by atoms with van der Waals surface area (Å²) in [6.45, 7) is 0.422. The first-order valence-corrected chi connectivity index (χ1v) is 5.17. The van der Waals surface area contributed by atoms with Gasteiger partial charge < -0.3 is 5.11 Å². The number of allylic oxidation sites excluding steroid dienone is 2. The quantitative estimate of drug-likeness (QED) is 0.593. The Kier molecular flexibility index (Phi) is 2.50. The van der Waals surface area contributed by atoms with Gasteiger partial charge in [-0.3, -0.25) is 0 Å². The molecule has 0 amide bonds. The molecule has 0 radical (unpaired) electrons. The Morgan fingerprint density at radius 2 is 1.92 bits per heavy atom. The summed E-state index contributed by atoms with van der Waals surface area (Å²) in [4.78, 5) is 0. The summed E-state index contributed by atoms with van der Waals surface area (Å²) in [7, 11) is 0. The molecule has 1 N–H and O–H groups in total. The number of aliphatic hydroxyl groups is 1. The van der Waals surface area contributed by atoms with Gasteiger partial charge in [0.2, 0.25) is 0 Å². The average Bonchev–Trinajstić information content (AvgIpc) is 2.04. The summed E-state index contributed by atoms with van der Waals surface area (Å²) in [5.41, 5.74) is 0. The molecule has 2 aliphatic rings. The third kappa shape index (κ3) is 1.42. The topological polar surface area (TPSA) is 20.2 Å². The van der Waals surface area contributed by atoms with E-state index in [2.05, 4.69) is 12.2 Å². The summed E-state index contributed by atoms with van der Waals surface area (Å²) in [6.07, 6.45) is 11.1. The van der Waals surface area contributed by atoms with E-state index in [-0.39, 0.29) is 0 Å². The van der Waals surface area contributed by atoms with Gasteiger partial charge in [0.1, 0.15) is 0 Å². The van der Waals surface area contributed by atoms with E-state index in [4.69, 9.17) is 5.11 Å². The normalized spacial score (nSPS) is 43.6. The molecule has 0 aromatic heterocycles. The smallest absolute Gasteiger partial charge is 0.0462 e. The molecule has 1 fully saturated rings. The van der Waals surface area contributed by atoms with Gasteiger partial charge in [-0.15, -0.1) is 0 Å². The van der Waals surface area contributed by atoms with Crippen molar-refractivity contribution < 1.29 is 5.11 Å². The van der Waals surface area contributed by atoms with Gasteiger partial charge in [0.25, 0.3) is 0 Å². The maximum atomic E-state index is 9.07. The van der Waals surface area contributed by atoms with Crippen LogP contribution in [0.25, 0.3) is 0 Å². The zero-order valence-corrected chi connectivity index (χ0v) is 7.58. The summed E-state index contributed by atoms with van der Waals surface area (Å²) >= 11 is 0. The molecule has 0 saturated heterocycles. The predicted molar refractivity (Wildman–Crippen MR) is 49.8 cm³/mol. The van der Waals surface area contributed by atoms with E-state index in [1.807, 2.05) is 0 Å². The Bertz CT molecular complexity index is 174. The van der Waals surface area contributed by atoms with Crippen LogP contribution in [0, 0.1) is 17.8 Å². The van der Waals surface area contributed by atoms with Crippen molar-refractivity contribution in [1.29, 1.82) is 0 Å². The lowest BCUT2D eigenvalue weighted by molar-refractivity contribution is 0.0124. The van der Waals surface area contributed by atoms with Crippen LogP contribution in [0.5, 0.6) is 0 Å². The molecular formula is C11H18O. The second kappa shape index (κ2) is 3.61. The first-order valence-electron chi connectivity index (χ1n) is 5.17. The average molecular weight is 166 g/mol. The lowest BCUT2D eigenvalue weighted by atomic mass is 9.61. The first-order chi connectivity index (χ1) is 5.92. The van der Waals surface area contributed by atoms with E-state index >= 15 is 0 Å². The molecule has 0 aromatic rings. The van der Waals surface area contributed by atoms with Gasteiger partial charge in [-0.1, -0.05) is 12.2 Å². The highest BCUT2D eigenvalue weighted by molar-refractivity contribution is 4.95. The van der Waals surface area contributed by atoms with Crippen LogP contribution in [0.15, 0.2) is 12.2 Å². The monoisotopic (exact) mass is 166 g/mol. The fourth-order valence-electron chi connectivity index (χ4n) is 2.78. The molecule has 0 aliphatic heterocycles. The lowest BCUT2D eigenvalue weighted by Crippen LogP contribution is -2.39. The third-order valence-corrected chi connectivity index (χ3v) is 3.59. The predicted octanol–water partition coefficient (Wildman–Crippen LogP) is 2.36. The number of fused-ring (bicyclic) bond motifs is 1. The summed E-state index contributed by atoms with van der Waals surface area (Å²) in [5.74, 6) is 2.42. The van der Waals surface area contributed by atoms with E-state index in [9.17, 15) is 0 Å². The highest BCUT2D eigenvalue weighted by Gasteiger charge is 2.39. The molecular weight excluding hydrogens is 148 g/mol. The molecule has 12 heavy (non-hydrogen) atoms. The highest BCUT2D eigenvalue weighted by Crippen LogP contribution is 2.46. The number of aliphatic hydroxyl groups excluding tert-OH is 1. The lowest BCUT2D eigenvalue weighted by Gasteiger charge is -2.45. The second-order valence-electron chi connectivity index (χ2n) is 4.23. The molecule has 1 heteroatoms. The van der Waals surface area contributed by atoms with Gasteiger partial charge in [0.15, 0.2) is 0 Å². The van der Waals surface area contributed by atoms with Gasteiger partial charge in [-0.05, 0) is 49.9 Å². The molecule has 3 unspecified atom stereocenters. The van der Waals surface area contributed by atoms with Crippen LogP contribution in [0.4, 0.5) is 0 Å². The molecule has 3 atom stereocenters. The van der Waals surface area contributed by atoms with E-state index in [0.29, 0.717) is 12.5 Å². The van der Waals surface area contributed by atoms with Crippen molar-refractivity contribution in [3.8, 4) is 0 Å². The van der Waals surface area contributed by atoms with Crippen molar-refractivity contribution in [3.05, 3.63) is 12.2 Å². The van der Waals surface area contributed by atoms with Crippen LogP contribution in [-0.4, -0.2) is 11.7 Å². The zero-order valence-electron chi connectivity index (χ0n) is 7.58. The minimum atomic E-state index is 0.422.